The fourth-order valence-corrected chi connectivity index (χ4v) is 1.81. The van der Waals surface area contributed by atoms with Gasteiger partial charge >= 0.3 is 0 Å². The molecule has 2 aromatic rings. The third kappa shape index (κ3) is 2.09. The average Bonchev–Trinajstić information content (AvgIpc) is 2.63. The van der Waals surface area contributed by atoms with Gasteiger partial charge in [-0.3, -0.25) is 0 Å². The van der Waals surface area contributed by atoms with Crippen molar-refractivity contribution in [3.05, 3.63) is 17.8 Å². The van der Waals surface area contributed by atoms with E-state index in [4.69, 9.17) is 11.6 Å². The molecule has 0 bridgehead atoms. The highest BCUT2D eigenvalue weighted by Gasteiger charge is 2.07. The van der Waals surface area contributed by atoms with Crippen molar-refractivity contribution in [2.24, 2.45) is 0 Å². The molecule has 0 aliphatic rings. The molecule has 15 heavy (non-hydrogen) atoms. The molecule has 80 valence electrons. The lowest BCUT2D eigenvalue weighted by Gasteiger charge is -2.03. The molecule has 0 unspecified atom stereocenters. The summed E-state index contributed by atoms with van der Waals surface area (Å²) < 4.78 is 2.02. The van der Waals surface area contributed by atoms with Crippen molar-refractivity contribution in [1.29, 1.82) is 0 Å². The van der Waals surface area contributed by atoms with Gasteiger partial charge in [-0.15, -0.1) is 0 Å². The van der Waals surface area contributed by atoms with Crippen molar-refractivity contribution in [3.8, 4) is 0 Å². The molecular weight excluding hydrogens is 212 g/mol. The van der Waals surface area contributed by atoms with Crippen LogP contribution in [0.1, 0.15) is 26.2 Å². The molecule has 0 spiro atoms. The normalized spacial score (nSPS) is 11.1. The molecule has 2 heterocycles. The van der Waals surface area contributed by atoms with Gasteiger partial charge in [0.2, 0.25) is 0 Å². The number of imidazole rings is 1. The lowest BCUT2D eigenvalue weighted by atomic mass is 10.2. The lowest BCUT2D eigenvalue weighted by molar-refractivity contribution is 0.613. The SMILES string of the molecule is CCCCCn1cnc2ncnc(Cl)c21. The van der Waals surface area contributed by atoms with Crippen LogP contribution in [-0.4, -0.2) is 19.5 Å². The zero-order valence-electron chi connectivity index (χ0n) is 8.65. The Bertz CT molecular complexity index is 452. The Labute approximate surface area is 93.3 Å². The van der Waals surface area contributed by atoms with Gasteiger partial charge in [0.15, 0.2) is 10.8 Å². The molecule has 0 amide bonds. The van der Waals surface area contributed by atoms with Gasteiger partial charge in [-0.05, 0) is 6.42 Å². The monoisotopic (exact) mass is 224 g/mol. The van der Waals surface area contributed by atoms with Crippen LogP contribution in [-0.2, 0) is 6.54 Å². The van der Waals surface area contributed by atoms with E-state index >= 15 is 0 Å². The number of rotatable bonds is 4. The van der Waals surface area contributed by atoms with Crippen molar-refractivity contribution in [2.75, 3.05) is 0 Å². The fraction of sp³-hybridized carbons (Fsp3) is 0.500. The molecule has 0 N–H and O–H groups in total. The van der Waals surface area contributed by atoms with Crippen molar-refractivity contribution in [3.63, 3.8) is 0 Å². The maximum atomic E-state index is 6.00. The van der Waals surface area contributed by atoms with Gasteiger partial charge in [0.05, 0.1) is 6.33 Å². The molecule has 2 aromatic heterocycles. The topological polar surface area (TPSA) is 43.6 Å². The van der Waals surface area contributed by atoms with E-state index in [1.165, 1.54) is 19.2 Å². The van der Waals surface area contributed by atoms with Crippen molar-refractivity contribution in [2.45, 2.75) is 32.7 Å². The van der Waals surface area contributed by atoms with E-state index in [0.717, 1.165) is 18.5 Å². The van der Waals surface area contributed by atoms with Crippen LogP contribution in [0.3, 0.4) is 0 Å². The molecule has 0 aromatic carbocycles. The maximum Gasteiger partial charge on any atom is 0.182 e. The molecular formula is C10H13ClN4. The number of hydrogen-bond donors (Lipinski definition) is 0. The van der Waals surface area contributed by atoms with Gasteiger partial charge in [0, 0.05) is 6.54 Å². The van der Waals surface area contributed by atoms with E-state index in [1.807, 2.05) is 4.57 Å². The average molecular weight is 225 g/mol. The summed E-state index contributed by atoms with van der Waals surface area (Å²) in [6.07, 6.45) is 6.77. The summed E-state index contributed by atoms with van der Waals surface area (Å²) >= 11 is 6.00. The quantitative estimate of drug-likeness (QED) is 0.593. The Balaban J connectivity index is 2.27. The molecule has 0 radical (unpaired) electrons. The molecule has 0 saturated carbocycles. The third-order valence-electron chi connectivity index (χ3n) is 2.37. The minimum absolute atomic E-state index is 0.481. The summed E-state index contributed by atoms with van der Waals surface area (Å²) in [5.74, 6) is 0. The Morgan fingerprint density at radius 1 is 1.27 bits per heavy atom. The minimum Gasteiger partial charge on any atom is -0.327 e. The first-order chi connectivity index (χ1) is 7.33. The molecule has 0 saturated heterocycles. The van der Waals surface area contributed by atoms with Gasteiger partial charge < -0.3 is 4.57 Å². The van der Waals surface area contributed by atoms with E-state index in [1.54, 1.807) is 6.33 Å². The lowest BCUT2D eigenvalue weighted by Crippen LogP contribution is -1.97. The highest BCUT2D eigenvalue weighted by atomic mass is 35.5. The molecule has 2 rings (SSSR count). The standard InChI is InChI=1S/C10H13ClN4/c1-2-3-4-5-15-7-14-10-8(15)9(11)12-6-13-10/h6-7H,2-5H2,1H3. The molecule has 4 nitrogen and oxygen atoms in total. The summed E-state index contributed by atoms with van der Waals surface area (Å²) in [5, 5.41) is 0.481. The number of unbranched alkanes of at least 4 members (excludes halogenated alkanes) is 2. The van der Waals surface area contributed by atoms with Crippen molar-refractivity contribution in [1.82, 2.24) is 19.5 Å². The molecule has 0 aliphatic heterocycles. The van der Waals surface area contributed by atoms with Crippen molar-refractivity contribution < 1.29 is 0 Å². The Kier molecular flexibility index (Phi) is 3.16. The number of halogens is 1. The second-order valence-electron chi connectivity index (χ2n) is 3.48. The maximum absolute atomic E-state index is 6.00. The summed E-state index contributed by atoms with van der Waals surface area (Å²) in [6.45, 7) is 3.11. The Morgan fingerprint density at radius 2 is 2.13 bits per heavy atom. The number of aromatic nitrogens is 4. The van der Waals surface area contributed by atoms with Gasteiger partial charge in [-0.2, -0.15) is 0 Å². The highest BCUT2D eigenvalue weighted by molar-refractivity contribution is 6.33. The summed E-state index contributed by atoms with van der Waals surface area (Å²) in [5.41, 5.74) is 1.52. The van der Waals surface area contributed by atoms with Crippen LogP contribution in [0.4, 0.5) is 0 Å². The van der Waals surface area contributed by atoms with E-state index in [-0.39, 0.29) is 0 Å². The highest BCUT2D eigenvalue weighted by Crippen LogP contribution is 2.18. The van der Waals surface area contributed by atoms with E-state index in [9.17, 15) is 0 Å². The summed E-state index contributed by atoms with van der Waals surface area (Å²) in [7, 11) is 0. The van der Waals surface area contributed by atoms with Gasteiger partial charge in [-0.25, -0.2) is 15.0 Å². The van der Waals surface area contributed by atoms with E-state index in [0.29, 0.717) is 10.8 Å². The predicted octanol–water partition coefficient (Wildman–Crippen LogP) is 2.67. The van der Waals surface area contributed by atoms with Gasteiger partial charge in [-0.1, -0.05) is 31.4 Å². The Hall–Kier alpha value is -1.16. The van der Waals surface area contributed by atoms with Crippen LogP contribution < -0.4 is 0 Å². The smallest absolute Gasteiger partial charge is 0.182 e. The van der Waals surface area contributed by atoms with E-state index < -0.39 is 0 Å². The second kappa shape index (κ2) is 4.57. The van der Waals surface area contributed by atoms with Gasteiger partial charge in [0.1, 0.15) is 11.8 Å². The van der Waals surface area contributed by atoms with Crippen LogP contribution in [0.25, 0.3) is 11.2 Å². The first-order valence-corrected chi connectivity index (χ1v) is 5.52. The number of hydrogen-bond acceptors (Lipinski definition) is 3. The molecule has 0 atom stereocenters. The van der Waals surface area contributed by atoms with Crippen LogP contribution >= 0.6 is 11.6 Å². The van der Waals surface area contributed by atoms with Gasteiger partial charge in [0.25, 0.3) is 0 Å². The molecule has 0 aliphatic carbocycles. The first kappa shape index (κ1) is 10.4. The molecule has 5 heteroatoms. The molecule has 0 fully saturated rings. The van der Waals surface area contributed by atoms with Crippen LogP contribution in [0.5, 0.6) is 0 Å². The van der Waals surface area contributed by atoms with Crippen LogP contribution in [0.2, 0.25) is 5.15 Å². The number of aryl methyl sites for hydroxylation is 1. The Morgan fingerprint density at radius 3 is 2.93 bits per heavy atom. The van der Waals surface area contributed by atoms with Crippen molar-refractivity contribution >= 4 is 22.8 Å². The van der Waals surface area contributed by atoms with Crippen LogP contribution in [0, 0.1) is 0 Å². The first-order valence-electron chi connectivity index (χ1n) is 5.14. The van der Waals surface area contributed by atoms with E-state index in [2.05, 4.69) is 21.9 Å². The summed E-state index contributed by atoms with van der Waals surface area (Å²) in [4.78, 5) is 12.2. The van der Waals surface area contributed by atoms with Crippen LogP contribution in [0.15, 0.2) is 12.7 Å². The largest absolute Gasteiger partial charge is 0.327 e. The third-order valence-corrected chi connectivity index (χ3v) is 2.64. The number of nitrogens with zero attached hydrogens (tertiary/aromatic N) is 4. The zero-order chi connectivity index (χ0) is 10.7. The summed E-state index contributed by atoms with van der Waals surface area (Å²) in [6, 6.07) is 0. The second-order valence-corrected chi connectivity index (χ2v) is 3.84. The fourth-order valence-electron chi connectivity index (χ4n) is 1.57. The predicted molar refractivity (Wildman–Crippen MR) is 59.9 cm³/mol. The number of fused-ring (bicyclic) bond motifs is 1. The zero-order valence-corrected chi connectivity index (χ0v) is 9.41. The minimum atomic E-state index is 0.481.